The summed E-state index contributed by atoms with van der Waals surface area (Å²) < 4.78 is 5.09. The number of esters is 1. The van der Waals surface area contributed by atoms with Crippen molar-refractivity contribution in [2.24, 2.45) is 0 Å². The fraction of sp³-hybridized carbons (Fsp3) is 0.133. The molecule has 3 rings (SSSR count). The predicted octanol–water partition coefficient (Wildman–Crippen LogP) is 1.48. The molecule has 0 amide bonds. The van der Waals surface area contributed by atoms with Crippen molar-refractivity contribution in [3.05, 3.63) is 45.3 Å². The highest BCUT2D eigenvalue weighted by atomic mass is 16.5. The molecule has 2 heteroatoms. The lowest BCUT2D eigenvalue weighted by Gasteiger charge is -2.06. The van der Waals surface area contributed by atoms with Crippen LogP contribution < -0.4 is 10.4 Å². The Morgan fingerprint density at radius 3 is 2.76 bits per heavy atom. The highest BCUT2D eigenvalue weighted by Crippen LogP contribution is 2.14. The minimum Gasteiger partial charge on any atom is -0.462 e. The molecule has 0 heterocycles. The number of allylic oxidation sites excluding steroid dienone is 2. The van der Waals surface area contributed by atoms with Crippen LogP contribution in [0.4, 0.5) is 0 Å². The Balaban J connectivity index is 2.27. The average Bonchev–Trinajstić information content (AvgIpc) is 2.95. The minimum atomic E-state index is -0.244. The minimum absolute atomic E-state index is 0.244. The SMILES string of the molecule is CCOC(=O)c1cc2c(c3c1=CC=C3)C=CC=2. The zero-order valence-corrected chi connectivity index (χ0v) is 9.57. The molecule has 84 valence electrons. The van der Waals surface area contributed by atoms with Gasteiger partial charge in [-0.2, -0.15) is 0 Å². The molecule has 0 unspecified atom stereocenters. The molecule has 2 nitrogen and oxygen atoms in total. The number of fused-ring (bicyclic) bond motifs is 3. The number of benzene rings is 1. The van der Waals surface area contributed by atoms with Crippen molar-refractivity contribution in [1.82, 2.24) is 0 Å². The van der Waals surface area contributed by atoms with Crippen LogP contribution in [0.5, 0.6) is 0 Å². The van der Waals surface area contributed by atoms with Gasteiger partial charge in [0.05, 0.1) is 12.2 Å². The summed E-state index contributed by atoms with van der Waals surface area (Å²) >= 11 is 0. The van der Waals surface area contributed by atoms with E-state index in [0.29, 0.717) is 12.2 Å². The molecule has 1 aromatic carbocycles. The van der Waals surface area contributed by atoms with Gasteiger partial charge in [0.25, 0.3) is 0 Å². The van der Waals surface area contributed by atoms with E-state index in [1.807, 2.05) is 43.4 Å². The van der Waals surface area contributed by atoms with Crippen molar-refractivity contribution in [2.75, 3.05) is 6.61 Å². The molecule has 0 N–H and O–H groups in total. The number of hydrogen-bond acceptors (Lipinski definition) is 2. The van der Waals surface area contributed by atoms with E-state index < -0.39 is 0 Å². The summed E-state index contributed by atoms with van der Waals surface area (Å²) in [5.74, 6) is -0.244. The summed E-state index contributed by atoms with van der Waals surface area (Å²) in [4.78, 5) is 11.9. The quantitative estimate of drug-likeness (QED) is 0.711. The van der Waals surface area contributed by atoms with Gasteiger partial charge >= 0.3 is 5.97 Å². The Morgan fingerprint density at radius 2 is 1.94 bits per heavy atom. The van der Waals surface area contributed by atoms with Gasteiger partial charge in [0.1, 0.15) is 0 Å². The highest BCUT2D eigenvalue weighted by molar-refractivity contribution is 5.94. The molecule has 0 bridgehead atoms. The first-order valence-electron chi connectivity index (χ1n) is 5.72. The lowest BCUT2D eigenvalue weighted by atomic mass is 10.0. The zero-order chi connectivity index (χ0) is 11.8. The lowest BCUT2D eigenvalue weighted by Crippen LogP contribution is -2.24. The molecule has 0 radical (unpaired) electrons. The van der Waals surface area contributed by atoms with Crippen molar-refractivity contribution in [2.45, 2.75) is 6.92 Å². The molecule has 0 spiro atoms. The first-order chi connectivity index (χ1) is 8.31. The lowest BCUT2D eigenvalue weighted by molar-refractivity contribution is 0.0525. The Morgan fingerprint density at radius 1 is 1.18 bits per heavy atom. The Labute approximate surface area is 99.2 Å². The van der Waals surface area contributed by atoms with E-state index in [1.165, 1.54) is 5.56 Å². The van der Waals surface area contributed by atoms with Crippen molar-refractivity contribution in [3.63, 3.8) is 0 Å². The number of carbonyl (C=O) groups is 1. The molecule has 0 aromatic heterocycles. The summed E-state index contributed by atoms with van der Waals surface area (Å²) in [6.45, 7) is 2.22. The second-order valence-electron chi connectivity index (χ2n) is 4.03. The molecular weight excluding hydrogens is 212 g/mol. The molecular formula is C15H12O2. The van der Waals surface area contributed by atoms with E-state index in [-0.39, 0.29) is 5.97 Å². The van der Waals surface area contributed by atoms with Gasteiger partial charge in [-0.3, -0.25) is 0 Å². The maximum Gasteiger partial charge on any atom is 0.338 e. The third-order valence-corrected chi connectivity index (χ3v) is 3.04. The summed E-state index contributed by atoms with van der Waals surface area (Å²) in [6, 6.07) is 1.91. The van der Waals surface area contributed by atoms with Gasteiger partial charge in [-0.1, -0.05) is 36.5 Å². The number of carbonyl (C=O) groups excluding carboxylic acids is 1. The largest absolute Gasteiger partial charge is 0.462 e. The standard InChI is InChI=1S/C15H12O2/c1-2-17-15(16)14-9-10-5-3-6-11(10)12-7-4-8-13(12)14/h3-9H,2H2,1H3. The van der Waals surface area contributed by atoms with Crippen LogP contribution in [0.1, 0.15) is 28.4 Å². The number of hydrogen-bond donors (Lipinski definition) is 0. The van der Waals surface area contributed by atoms with Gasteiger partial charge in [-0.05, 0) is 34.6 Å². The van der Waals surface area contributed by atoms with E-state index >= 15 is 0 Å². The van der Waals surface area contributed by atoms with Crippen LogP contribution in [0.3, 0.4) is 0 Å². The summed E-state index contributed by atoms with van der Waals surface area (Å²) in [5.41, 5.74) is 2.97. The molecule has 0 saturated heterocycles. The summed E-state index contributed by atoms with van der Waals surface area (Å²) in [5, 5.41) is 2.06. The molecule has 17 heavy (non-hydrogen) atoms. The van der Waals surface area contributed by atoms with Crippen LogP contribution in [0, 0.1) is 0 Å². The van der Waals surface area contributed by atoms with Gasteiger partial charge in [0.2, 0.25) is 0 Å². The molecule has 1 aromatic rings. The first kappa shape index (κ1) is 10.1. The second-order valence-corrected chi connectivity index (χ2v) is 4.03. The number of rotatable bonds is 2. The van der Waals surface area contributed by atoms with Crippen molar-refractivity contribution in [1.29, 1.82) is 0 Å². The van der Waals surface area contributed by atoms with Crippen LogP contribution in [0.25, 0.3) is 24.3 Å². The van der Waals surface area contributed by atoms with E-state index in [9.17, 15) is 4.79 Å². The smallest absolute Gasteiger partial charge is 0.338 e. The van der Waals surface area contributed by atoms with Gasteiger partial charge in [0, 0.05) is 0 Å². The van der Waals surface area contributed by atoms with Gasteiger partial charge in [-0.15, -0.1) is 0 Å². The summed E-state index contributed by atoms with van der Waals surface area (Å²) in [6.07, 6.45) is 12.1. The number of ether oxygens (including phenoxy) is 1. The van der Waals surface area contributed by atoms with Gasteiger partial charge < -0.3 is 4.74 Å². The van der Waals surface area contributed by atoms with Crippen molar-refractivity contribution >= 4 is 30.3 Å². The molecule has 0 saturated carbocycles. The average molecular weight is 224 g/mol. The topological polar surface area (TPSA) is 26.3 Å². The maximum atomic E-state index is 11.9. The highest BCUT2D eigenvalue weighted by Gasteiger charge is 2.16. The third-order valence-electron chi connectivity index (χ3n) is 3.04. The molecule has 2 aliphatic rings. The monoisotopic (exact) mass is 224 g/mol. The molecule has 2 aliphatic carbocycles. The molecule has 0 aliphatic heterocycles. The fourth-order valence-electron chi connectivity index (χ4n) is 2.31. The normalized spacial score (nSPS) is 13.9. The third kappa shape index (κ3) is 1.45. The van der Waals surface area contributed by atoms with Crippen molar-refractivity contribution in [3.8, 4) is 0 Å². The van der Waals surface area contributed by atoms with E-state index in [0.717, 1.165) is 16.0 Å². The first-order valence-corrected chi connectivity index (χ1v) is 5.72. The van der Waals surface area contributed by atoms with Crippen LogP contribution in [-0.2, 0) is 4.74 Å². The van der Waals surface area contributed by atoms with Crippen LogP contribution in [-0.4, -0.2) is 12.6 Å². The second kappa shape index (κ2) is 3.74. The van der Waals surface area contributed by atoms with Crippen LogP contribution >= 0.6 is 0 Å². The fourth-order valence-corrected chi connectivity index (χ4v) is 2.31. The van der Waals surface area contributed by atoms with Crippen LogP contribution in [0.15, 0.2) is 18.2 Å². The Bertz CT molecular complexity index is 676. The van der Waals surface area contributed by atoms with E-state index in [1.54, 1.807) is 0 Å². The van der Waals surface area contributed by atoms with Crippen molar-refractivity contribution < 1.29 is 9.53 Å². The maximum absolute atomic E-state index is 11.9. The predicted molar refractivity (Wildman–Crippen MR) is 68.6 cm³/mol. The van der Waals surface area contributed by atoms with E-state index in [4.69, 9.17) is 4.74 Å². The Hall–Kier alpha value is -2.09. The zero-order valence-electron chi connectivity index (χ0n) is 9.57. The van der Waals surface area contributed by atoms with Gasteiger partial charge in [0.15, 0.2) is 0 Å². The van der Waals surface area contributed by atoms with Gasteiger partial charge in [-0.25, -0.2) is 4.79 Å². The molecule has 0 fully saturated rings. The summed E-state index contributed by atoms with van der Waals surface area (Å²) in [7, 11) is 0. The van der Waals surface area contributed by atoms with Crippen LogP contribution in [0.2, 0.25) is 0 Å². The molecule has 0 atom stereocenters. The van der Waals surface area contributed by atoms with E-state index in [2.05, 4.69) is 6.08 Å². The Kier molecular flexibility index (Phi) is 2.22.